The van der Waals surface area contributed by atoms with Crippen LogP contribution in [0.5, 0.6) is 0 Å². The molecule has 21 nitrogen and oxygen atoms in total. The number of benzene rings is 3. The van der Waals surface area contributed by atoms with Crippen LogP contribution in [0.3, 0.4) is 0 Å². The van der Waals surface area contributed by atoms with E-state index in [2.05, 4.69) is 29.8 Å². The molecule has 1 aliphatic rings. The van der Waals surface area contributed by atoms with Crippen molar-refractivity contribution in [2.24, 2.45) is 0 Å². The number of unbranched alkanes of at least 4 members (excludes halogenated alkanes) is 18. The summed E-state index contributed by atoms with van der Waals surface area (Å²) in [5.74, 6) is -6.76. The van der Waals surface area contributed by atoms with Crippen molar-refractivity contribution >= 4 is 53.7 Å². The van der Waals surface area contributed by atoms with Gasteiger partial charge in [0.15, 0.2) is 12.4 Å². The van der Waals surface area contributed by atoms with Crippen LogP contribution >= 0.6 is 0 Å². The Morgan fingerprint density at radius 2 is 1.03 bits per heavy atom. The van der Waals surface area contributed by atoms with Crippen LogP contribution in [0.4, 0.5) is 4.79 Å². The zero-order valence-corrected chi connectivity index (χ0v) is 54.3. The van der Waals surface area contributed by atoms with Crippen molar-refractivity contribution in [3.63, 3.8) is 0 Å². The van der Waals surface area contributed by atoms with Crippen LogP contribution in [0, 0.1) is 0 Å². The quantitative estimate of drug-likeness (QED) is 0.0177. The smallest absolute Gasteiger partial charge is 0.408 e. The van der Waals surface area contributed by atoms with Crippen LogP contribution in [-0.2, 0) is 84.7 Å². The summed E-state index contributed by atoms with van der Waals surface area (Å²) >= 11 is 0. The van der Waals surface area contributed by atoms with E-state index in [9.17, 15) is 48.3 Å². The lowest BCUT2D eigenvalue weighted by molar-refractivity contribution is -0.286. The van der Waals surface area contributed by atoms with Gasteiger partial charge in [-0.3, -0.25) is 28.8 Å². The predicted octanol–water partition coefficient (Wildman–Crippen LogP) is 11.5. The maximum atomic E-state index is 14.2. The molecular weight excluding hydrogens is 1170 g/mol. The van der Waals surface area contributed by atoms with E-state index >= 15 is 0 Å². The fraction of sp³-hybridized carbons (Fsp3) is 0.614. The summed E-state index contributed by atoms with van der Waals surface area (Å²) in [6, 6.07) is 22.2. The van der Waals surface area contributed by atoms with E-state index in [-0.39, 0.29) is 31.6 Å². The van der Waals surface area contributed by atoms with Gasteiger partial charge < -0.3 is 59.0 Å². The summed E-state index contributed by atoms with van der Waals surface area (Å²) in [5.41, 5.74) is 0.395. The number of carbonyl (C=O) groups excluding carboxylic acids is 9. The number of esters is 6. The molecule has 3 aromatic carbocycles. The normalized spacial score (nSPS) is 16.6. The molecule has 1 saturated heterocycles. The minimum absolute atomic E-state index is 0.00595. The standard InChI is InChI=1S/C70H101N3O18/c1-6-8-10-12-14-16-17-19-21-23-34-42-58(75)73-63-65(89-62(79)47-71-57(74)41-33-22-20-18-15-13-11-9-7-2)64(80)56(50-86-67(82)55(72-69(83)91-70(3,4)5)43-44-59(76)90-66(81)53-39-31-26-32-40-53)88-68(63)87-54(45-60(77)84-48-51-35-27-24-28-36-51)46-61(78)85-49-52-37-29-25-30-38-52/h24-32,35-40,54-56,63-65,68,80H,6-23,33-34,41-50H2,1-5H3,(H,71,74)(H,72,83)(H,73,75)/t55-,56-,63-,64-,65-,68+/m1/s1. The Morgan fingerprint density at radius 1 is 0.560 bits per heavy atom. The Balaban J connectivity index is 1.65. The van der Waals surface area contributed by atoms with Crippen molar-refractivity contribution in [2.75, 3.05) is 13.2 Å². The van der Waals surface area contributed by atoms with Crippen molar-refractivity contribution in [1.82, 2.24) is 16.0 Å². The molecule has 6 atom stereocenters. The third-order valence-corrected chi connectivity index (χ3v) is 15.0. The second-order valence-corrected chi connectivity index (χ2v) is 24.2. The molecule has 4 rings (SSSR count). The first-order chi connectivity index (χ1) is 43.8. The van der Waals surface area contributed by atoms with E-state index in [1.165, 1.54) is 63.5 Å². The maximum Gasteiger partial charge on any atom is 0.408 e. The van der Waals surface area contributed by atoms with E-state index in [0.717, 1.165) is 64.2 Å². The number of carbonyl (C=O) groups is 9. The molecule has 0 bridgehead atoms. The Kier molecular flexibility index (Phi) is 37.1. The van der Waals surface area contributed by atoms with Gasteiger partial charge in [0.2, 0.25) is 11.8 Å². The molecule has 504 valence electrons. The number of rotatable bonds is 44. The largest absolute Gasteiger partial charge is 0.461 e. The van der Waals surface area contributed by atoms with Gasteiger partial charge in [-0.2, -0.15) is 0 Å². The van der Waals surface area contributed by atoms with E-state index in [1.807, 2.05) is 0 Å². The minimum Gasteiger partial charge on any atom is -0.461 e. The number of ether oxygens (including phenoxy) is 8. The van der Waals surface area contributed by atoms with Crippen LogP contribution in [0.15, 0.2) is 91.0 Å². The molecule has 4 N–H and O–H groups in total. The second kappa shape index (κ2) is 44.3. The average molecular weight is 1270 g/mol. The monoisotopic (exact) mass is 1270 g/mol. The first kappa shape index (κ1) is 76.2. The first-order valence-electron chi connectivity index (χ1n) is 32.9. The second-order valence-electron chi connectivity index (χ2n) is 24.2. The molecule has 0 aromatic heterocycles. The van der Waals surface area contributed by atoms with E-state index < -0.39 is 141 Å². The molecule has 1 fully saturated rings. The van der Waals surface area contributed by atoms with Crippen molar-refractivity contribution in [3.05, 3.63) is 108 Å². The lowest BCUT2D eigenvalue weighted by Gasteiger charge is -2.44. The number of hydrogen-bond acceptors (Lipinski definition) is 18. The third-order valence-electron chi connectivity index (χ3n) is 15.0. The van der Waals surface area contributed by atoms with Crippen LogP contribution in [0.25, 0.3) is 0 Å². The van der Waals surface area contributed by atoms with Crippen molar-refractivity contribution < 1.29 is 86.2 Å². The molecule has 0 unspecified atom stereocenters. The van der Waals surface area contributed by atoms with Crippen LogP contribution in [-0.4, -0.2) is 120 Å². The molecule has 0 aliphatic carbocycles. The van der Waals surface area contributed by atoms with Gasteiger partial charge in [0, 0.05) is 19.3 Å². The van der Waals surface area contributed by atoms with Crippen LogP contribution in [0.1, 0.15) is 223 Å². The highest BCUT2D eigenvalue weighted by atomic mass is 16.7. The van der Waals surface area contributed by atoms with Gasteiger partial charge in [-0.1, -0.05) is 208 Å². The summed E-state index contributed by atoms with van der Waals surface area (Å²) in [6.45, 7) is 7.34. The molecule has 91 heavy (non-hydrogen) atoms. The van der Waals surface area contributed by atoms with Crippen LogP contribution < -0.4 is 16.0 Å². The number of aliphatic hydroxyl groups excluding tert-OH is 1. The summed E-state index contributed by atoms with van der Waals surface area (Å²) in [5, 5.41) is 20.1. The van der Waals surface area contributed by atoms with Crippen LogP contribution in [0.2, 0.25) is 0 Å². The van der Waals surface area contributed by atoms with Gasteiger partial charge in [0.25, 0.3) is 0 Å². The molecule has 0 spiro atoms. The number of aliphatic hydroxyl groups is 1. The number of amides is 3. The van der Waals surface area contributed by atoms with E-state index in [4.69, 9.17) is 37.9 Å². The Morgan fingerprint density at radius 3 is 1.53 bits per heavy atom. The SMILES string of the molecule is CCCCCCCCCCCCCC(=O)N[C@H]1[C@@H](OC(CC(=O)OCc2ccccc2)CC(=O)OCc2ccccc2)O[C@H](COC(=O)[C@@H](CCC(=O)OC(=O)c2ccccc2)NC(=O)OC(C)(C)C)[C@@H](O)[C@@H]1OC(=O)CNC(=O)CCCCCCCCCCC. The summed E-state index contributed by atoms with van der Waals surface area (Å²) in [7, 11) is 0. The van der Waals surface area contributed by atoms with Gasteiger partial charge in [-0.15, -0.1) is 0 Å². The first-order valence-corrected chi connectivity index (χ1v) is 32.9. The van der Waals surface area contributed by atoms with Gasteiger partial charge in [0.1, 0.15) is 56.3 Å². The van der Waals surface area contributed by atoms with Crippen molar-refractivity contribution in [1.29, 1.82) is 0 Å². The van der Waals surface area contributed by atoms with E-state index in [1.54, 1.807) is 99.6 Å². The van der Waals surface area contributed by atoms with Gasteiger partial charge in [-0.25, -0.2) is 14.4 Å². The molecule has 1 heterocycles. The third kappa shape index (κ3) is 33.6. The number of nitrogens with one attached hydrogen (secondary N) is 3. The Hall–Kier alpha value is -7.23. The molecule has 3 aromatic rings. The van der Waals surface area contributed by atoms with Gasteiger partial charge in [-0.05, 0) is 63.3 Å². The summed E-state index contributed by atoms with van der Waals surface area (Å²) in [4.78, 5) is 122. The topological polar surface area (TPSA) is 284 Å². The molecule has 21 heteroatoms. The highest BCUT2D eigenvalue weighted by Crippen LogP contribution is 2.29. The highest BCUT2D eigenvalue weighted by molar-refractivity contribution is 5.97. The Bertz CT molecular complexity index is 2560. The summed E-state index contributed by atoms with van der Waals surface area (Å²) in [6.07, 6.45) is 8.82. The van der Waals surface area contributed by atoms with E-state index in [0.29, 0.717) is 24.0 Å². The lowest BCUT2D eigenvalue weighted by Crippen LogP contribution is -2.66. The van der Waals surface area contributed by atoms with Gasteiger partial charge in [0.05, 0.1) is 24.5 Å². The van der Waals surface area contributed by atoms with Crippen molar-refractivity contribution in [2.45, 2.75) is 263 Å². The molecule has 0 radical (unpaired) electrons. The minimum atomic E-state index is -1.94. The van der Waals surface area contributed by atoms with Crippen molar-refractivity contribution in [3.8, 4) is 0 Å². The zero-order valence-electron chi connectivity index (χ0n) is 54.3. The molecule has 1 aliphatic heterocycles. The fourth-order valence-electron chi connectivity index (χ4n) is 10.1. The zero-order chi connectivity index (χ0) is 66.1. The highest BCUT2D eigenvalue weighted by Gasteiger charge is 2.50. The molecular formula is C70H101N3O18. The average Bonchev–Trinajstić information content (AvgIpc) is 0.918. The Labute approximate surface area is 537 Å². The summed E-state index contributed by atoms with van der Waals surface area (Å²) < 4.78 is 46.2. The lowest BCUT2D eigenvalue weighted by atomic mass is 9.95. The maximum absolute atomic E-state index is 14.2. The molecule has 3 amide bonds. The number of hydrogen-bond donors (Lipinski definition) is 4. The fourth-order valence-corrected chi connectivity index (χ4v) is 10.1. The number of alkyl carbamates (subject to hydrolysis) is 1. The molecule has 0 saturated carbocycles. The predicted molar refractivity (Wildman–Crippen MR) is 339 cm³/mol. The van der Waals surface area contributed by atoms with Gasteiger partial charge >= 0.3 is 41.9 Å².